The zero-order valence-electron chi connectivity index (χ0n) is 5.94. The van der Waals surface area contributed by atoms with Crippen LogP contribution in [0.1, 0.15) is 11.9 Å². The lowest BCUT2D eigenvalue weighted by Crippen LogP contribution is -1.94. The molecule has 0 saturated heterocycles. The van der Waals surface area contributed by atoms with Crippen molar-refractivity contribution < 1.29 is 9.90 Å². The Morgan fingerprint density at radius 1 is 1.82 bits per heavy atom. The molecule has 0 fully saturated rings. The van der Waals surface area contributed by atoms with Gasteiger partial charge in [-0.05, 0) is 13.0 Å². The van der Waals surface area contributed by atoms with Crippen LogP contribution in [0.2, 0.25) is 0 Å². The SMILES string of the molecule is C/C(=C\c1nccs1)C(=O)O. The second kappa shape index (κ2) is 3.30. The third kappa shape index (κ3) is 2.16. The molecule has 58 valence electrons. The van der Waals surface area contributed by atoms with E-state index in [1.807, 2.05) is 0 Å². The predicted octanol–water partition coefficient (Wildman–Crippen LogP) is 1.63. The van der Waals surface area contributed by atoms with Gasteiger partial charge in [0.05, 0.1) is 0 Å². The van der Waals surface area contributed by atoms with Gasteiger partial charge in [0.2, 0.25) is 0 Å². The zero-order valence-corrected chi connectivity index (χ0v) is 6.76. The second-order valence-corrected chi connectivity index (χ2v) is 2.93. The highest BCUT2D eigenvalue weighted by Gasteiger charge is 1.99. The van der Waals surface area contributed by atoms with E-state index in [9.17, 15) is 4.79 Å². The molecule has 1 aromatic heterocycles. The Kier molecular flexibility index (Phi) is 2.38. The number of carbonyl (C=O) groups is 1. The van der Waals surface area contributed by atoms with Gasteiger partial charge in [-0.2, -0.15) is 0 Å². The highest BCUT2D eigenvalue weighted by Crippen LogP contribution is 2.09. The summed E-state index contributed by atoms with van der Waals surface area (Å²) in [6.07, 6.45) is 3.19. The smallest absolute Gasteiger partial charge is 0.331 e. The largest absolute Gasteiger partial charge is 0.478 e. The van der Waals surface area contributed by atoms with Crippen LogP contribution in [-0.2, 0) is 4.79 Å². The Labute approximate surface area is 68.0 Å². The number of rotatable bonds is 2. The first-order valence-electron chi connectivity index (χ1n) is 3.01. The molecule has 0 radical (unpaired) electrons. The summed E-state index contributed by atoms with van der Waals surface area (Å²) < 4.78 is 0. The molecule has 0 aliphatic rings. The fraction of sp³-hybridized carbons (Fsp3) is 0.143. The van der Waals surface area contributed by atoms with Crippen LogP contribution < -0.4 is 0 Å². The molecule has 0 saturated carbocycles. The van der Waals surface area contributed by atoms with Crippen molar-refractivity contribution in [2.45, 2.75) is 6.92 Å². The van der Waals surface area contributed by atoms with Crippen molar-refractivity contribution in [3.8, 4) is 0 Å². The lowest BCUT2D eigenvalue weighted by molar-refractivity contribution is -0.132. The summed E-state index contributed by atoms with van der Waals surface area (Å²) in [5.41, 5.74) is 0.306. The van der Waals surface area contributed by atoms with Gasteiger partial charge in [-0.15, -0.1) is 11.3 Å². The molecule has 3 nitrogen and oxygen atoms in total. The van der Waals surface area contributed by atoms with Gasteiger partial charge in [-0.1, -0.05) is 0 Å². The number of hydrogen-bond donors (Lipinski definition) is 1. The van der Waals surface area contributed by atoms with Crippen LogP contribution in [0.4, 0.5) is 0 Å². The summed E-state index contributed by atoms with van der Waals surface area (Å²) in [5, 5.41) is 11.0. The Hall–Kier alpha value is -1.16. The van der Waals surface area contributed by atoms with E-state index in [2.05, 4.69) is 4.98 Å². The third-order valence-electron chi connectivity index (χ3n) is 1.13. The van der Waals surface area contributed by atoms with Crippen molar-refractivity contribution >= 4 is 23.4 Å². The molecule has 11 heavy (non-hydrogen) atoms. The fourth-order valence-electron chi connectivity index (χ4n) is 0.553. The van der Waals surface area contributed by atoms with Crippen molar-refractivity contribution in [3.63, 3.8) is 0 Å². The fourth-order valence-corrected chi connectivity index (χ4v) is 1.18. The van der Waals surface area contributed by atoms with Crippen LogP contribution in [0, 0.1) is 0 Å². The van der Waals surface area contributed by atoms with E-state index in [0.29, 0.717) is 5.57 Å². The van der Waals surface area contributed by atoms with Crippen LogP contribution in [0.5, 0.6) is 0 Å². The molecule has 0 unspecified atom stereocenters. The van der Waals surface area contributed by atoms with E-state index in [1.54, 1.807) is 24.6 Å². The first kappa shape index (κ1) is 7.94. The van der Waals surface area contributed by atoms with Crippen molar-refractivity contribution in [1.29, 1.82) is 0 Å². The standard InChI is InChI=1S/C7H7NO2S/c1-5(7(9)10)4-6-8-2-3-11-6/h2-4H,1H3,(H,9,10)/b5-4+. The van der Waals surface area contributed by atoms with Crippen molar-refractivity contribution in [3.05, 3.63) is 22.2 Å². The van der Waals surface area contributed by atoms with E-state index in [-0.39, 0.29) is 0 Å². The topological polar surface area (TPSA) is 50.2 Å². The van der Waals surface area contributed by atoms with Gasteiger partial charge in [-0.25, -0.2) is 9.78 Å². The summed E-state index contributed by atoms with van der Waals surface area (Å²) >= 11 is 1.42. The Morgan fingerprint density at radius 2 is 2.55 bits per heavy atom. The first-order valence-corrected chi connectivity index (χ1v) is 3.89. The van der Waals surface area contributed by atoms with Crippen molar-refractivity contribution in [1.82, 2.24) is 4.98 Å². The van der Waals surface area contributed by atoms with E-state index in [1.165, 1.54) is 11.3 Å². The molecule has 1 rings (SSSR count). The van der Waals surface area contributed by atoms with E-state index >= 15 is 0 Å². The van der Waals surface area contributed by atoms with Gasteiger partial charge in [0.25, 0.3) is 0 Å². The number of aliphatic carboxylic acids is 1. The molecule has 0 spiro atoms. The second-order valence-electron chi connectivity index (χ2n) is 2.00. The summed E-state index contributed by atoms with van der Waals surface area (Å²) in [4.78, 5) is 14.3. The molecule has 0 aromatic carbocycles. The van der Waals surface area contributed by atoms with E-state index in [0.717, 1.165) is 5.01 Å². The van der Waals surface area contributed by atoms with Gasteiger partial charge < -0.3 is 5.11 Å². The average molecular weight is 169 g/mol. The molecule has 0 bridgehead atoms. The van der Waals surface area contributed by atoms with Crippen LogP contribution in [0.25, 0.3) is 6.08 Å². The minimum Gasteiger partial charge on any atom is -0.478 e. The van der Waals surface area contributed by atoms with Gasteiger partial charge >= 0.3 is 5.97 Å². The van der Waals surface area contributed by atoms with Crippen LogP contribution in [0.3, 0.4) is 0 Å². The third-order valence-corrected chi connectivity index (χ3v) is 1.85. The number of aromatic nitrogens is 1. The number of thiazole rings is 1. The molecular weight excluding hydrogens is 162 g/mol. The monoisotopic (exact) mass is 169 g/mol. The van der Waals surface area contributed by atoms with Gasteiger partial charge in [0.1, 0.15) is 5.01 Å². The molecular formula is C7H7NO2S. The minimum absolute atomic E-state index is 0.306. The molecule has 0 amide bonds. The minimum atomic E-state index is -0.903. The lowest BCUT2D eigenvalue weighted by atomic mass is 10.3. The van der Waals surface area contributed by atoms with Crippen LogP contribution >= 0.6 is 11.3 Å². The van der Waals surface area contributed by atoms with E-state index in [4.69, 9.17) is 5.11 Å². The van der Waals surface area contributed by atoms with Gasteiger partial charge in [0.15, 0.2) is 0 Å². The summed E-state index contributed by atoms with van der Waals surface area (Å²) in [5.74, 6) is -0.903. The molecule has 1 aromatic rings. The lowest BCUT2D eigenvalue weighted by Gasteiger charge is -1.88. The molecule has 0 atom stereocenters. The highest BCUT2D eigenvalue weighted by atomic mass is 32.1. The average Bonchev–Trinajstić information content (AvgIpc) is 2.39. The number of carboxylic acids is 1. The maximum Gasteiger partial charge on any atom is 0.331 e. The number of hydrogen-bond acceptors (Lipinski definition) is 3. The Morgan fingerprint density at radius 3 is 3.00 bits per heavy atom. The highest BCUT2D eigenvalue weighted by molar-refractivity contribution is 7.10. The predicted molar refractivity (Wildman–Crippen MR) is 43.4 cm³/mol. The molecule has 1 N–H and O–H groups in total. The number of nitrogens with zero attached hydrogens (tertiary/aromatic N) is 1. The molecule has 1 heterocycles. The Balaban J connectivity index is 2.82. The van der Waals surface area contributed by atoms with E-state index < -0.39 is 5.97 Å². The molecule has 4 heteroatoms. The first-order chi connectivity index (χ1) is 5.20. The Bertz CT molecular complexity index is 277. The summed E-state index contributed by atoms with van der Waals surface area (Å²) in [6, 6.07) is 0. The molecule has 0 aliphatic heterocycles. The van der Waals surface area contributed by atoms with Gasteiger partial charge in [0, 0.05) is 17.2 Å². The zero-order chi connectivity index (χ0) is 8.27. The van der Waals surface area contributed by atoms with Crippen molar-refractivity contribution in [2.75, 3.05) is 0 Å². The summed E-state index contributed by atoms with van der Waals surface area (Å²) in [6.45, 7) is 1.55. The number of carboxylic acid groups (broad SMARTS) is 1. The maximum atomic E-state index is 10.3. The van der Waals surface area contributed by atoms with Crippen molar-refractivity contribution in [2.24, 2.45) is 0 Å². The van der Waals surface area contributed by atoms with Crippen LogP contribution in [-0.4, -0.2) is 16.1 Å². The maximum absolute atomic E-state index is 10.3. The quantitative estimate of drug-likeness (QED) is 0.684. The normalized spacial score (nSPS) is 11.5. The van der Waals surface area contributed by atoms with Gasteiger partial charge in [-0.3, -0.25) is 0 Å². The van der Waals surface area contributed by atoms with Crippen LogP contribution in [0.15, 0.2) is 17.2 Å². The summed E-state index contributed by atoms with van der Waals surface area (Å²) in [7, 11) is 0. The molecule has 0 aliphatic carbocycles.